The molecule has 226 valence electrons. The molecule has 0 spiro atoms. The second kappa shape index (κ2) is 10.4. The molecule has 14 heteroatoms. The van der Waals surface area contributed by atoms with Crippen LogP contribution in [0.2, 0.25) is 0 Å². The van der Waals surface area contributed by atoms with Gasteiger partial charge in [-0.25, -0.2) is 31.6 Å². The van der Waals surface area contributed by atoms with E-state index in [1.807, 2.05) is 18.7 Å². The number of hydrogen-bond donors (Lipinski definition) is 2. The van der Waals surface area contributed by atoms with E-state index in [0.29, 0.717) is 25.2 Å². The largest absolute Gasteiger partial charge is 0.508 e. The number of amides is 1. The first-order chi connectivity index (χ1) is 19.7. The molecule has 1 amide bonds. The number of nitrogens with one attached hydrogen (secondary N) is 1. The van der Waals surface area contributed by atoms with E-state index in [2.05, 4.69) is 9.82 Å². The monoisotopic (exact) mass is 605 g/mol. The first-order valence-electron chi connectivity index (χ1n) is 13.5. The number of benzene rings is 1. The molecule has 5 rings (SSSR count). The van der Waals surface area contributed by atoms with E-state index in [1.165, 1.54) is 30.0 Å². The number of hydrogen-bond acceptors (Lipinski definition) is 9. The number of aromatic nitrogens is 3. The minimum Gasteiger partial charge on any atom is -0.508 e. The number of carbonyl (C=O) groups is 1. The molecule has 2 fully saturated rings. The highest BCUT2D eigenvalue weighted by molar-refractivity contribution is 7.90. The number of halogens is 2. The van der Waals surface area contributed by atoms with E-state index in [0.717, 1.165) is 31.9 Å². The maximum Gasteiger partial charge on any atom is 0.268 e. The number of rotatable bonds is 10. The van der Waals surface area contributed by atoms with Crippen LogP contribution in [-0.2, 0) is 10.0 Å². The quantitative estimate of drug-likeness (QED) is 0.347. The molecular formula is C28H33F2N5O6S. The zero-order chi connectivity index (χ0) is 30.5. The van der Waals surface area contributed by atoms with Crippen LogP contribution in [0.4, 0.5) is 14.6 Å². The van der Waals surface area contributed by atoms with Crippen LogP contribution in [0.1, 0.15) is 56.8 Å². The SMILES string of the molecule is COc1cc(O)ccc1S(=O)(=O)NC(=O)c1ccc(-n2ccc(OCC3(C(C)(F)F)CC3)n2)nc1N1CCCC1(C)C. The summed E-state index contributed by atoms with van der Waals surface area (Å²) in [5.41, 5.74) is -1.52. The molecule has 2 aliphatic rings. The van der Waals surface area contributed by atoms with Crippen molar-refractivity contribution in [2.75, 3.05) is 25.2 Å². The van der Waals surface area contributed by atoms with Crippen LogP contribution in [0.25, 0.3) is 5.82 Å². The normalized spacial score (nSPS) is 17.6. The van der Waals surface area contributed by atoms with Gasteiger partial charge in [0.1, 0.15) is 28.8 Å². The molecule has 0 radical (unpaired) electrons. The van der Waals surface area contributed by atoms with Gasteiger partial charge in [0.15, 0.2) is 5.82 Å². The molecule has 2 N–H and O–H groups in total. The number of anilines is 1. The number of ether oxygens (including phenoxy) is 2. The first kappa shape index (κ1) is 29.5. The molecule has 1 aromatic carbocycles. The second-order valence-electron chi connectivity index (χ2n) is 11.4. The van der Waals surface area contributed by atoms with Gasteiger partial charge in [-0.15, -0.1) is 5.10 Å². The van der Waals surface area contributed by atoms with Crippen molar-refractivity contribution in [3.8, 4) is 23.2 Å². The van der Waals surface area contributed by atoms with E-state index in [-0.39, 0.29) is 45.8 Å². The fourth-order valence-electron chi connectivity index (χ4n) is 5.14. The lowest BCUT2D eigenvalue weighted by molar-refractivity contribution is -0.0712. The highest BCUT2D eigenvalue weighted by Gasteiger charge is 2.59. The van der Waals surface area contributed by atoms with Crippen molar-refractivity contribution in [1.82, 2.24) is 19.5 Å². The molecule has 2 aromatic heterocycles. The Morgan fingerprint density at radius 3 is 2.52 bits per heavy atom. The van der Waals surface area contributed by atoms with Crippen molar-refractivity contribution >= 4 is 21.7 Å². The summed E-state index contributed by atoms with van der Waals surface area (Å²) in [6.07, 6.45) is 4.00. The zero-order valence-electron chi connectivity index (χ0n) is 23.7. The second-order valence-corrected chi connectivity index (χ2v) is 13.1. The Bertz CT molecular complexity index is 1610. The topological polar surface area (TPSA) is 136 Å². The maximum absolute atomic E-state index is 13.9. The lowest BCUT2D eigenvalue weighted by atomic mass is 10.0. The van der Waals surface area contributed by atoms with E-state index < -0.39 is 27.3 Å². The van der Waals surface area contributed by atoms with Gasteiger partial charge in [0, 0.05) is 37.3 Å². The van der Waals surface area contributed by atoms with E-state index >= 15 is 0 Å². The van der Waals surface area contributed by atoms with Gasteiger partial charge in [0.25, 0.3) is 21.9 Å². The smallest absolute Gasteiger partial charge is 0.268 e. The van der Waals surface area contributed by atoms with E-state index in [1.54, 1.807) is 12.3 Å². The average molecular weight is 606 g/mol. The average Bonchev–Trinajstić information content (AvgIpc) is 3.44. The predicted molar refractivity (Wildman–Crippen MR) is 149 cm³/mol. The van der Waals surface area contributed by atoms with E-state index in [9.17, 15) is 27.1 Å². The third kappa shape index (κ3) is 5.59. The van der Waals surface area contributed by atoms with Crippen molar-refractivity contribution in [2.45, 2.75) is 62.8 Å². The summed E-state index contributed by atoms with van der Waals surface area (Å²) in [6.45, 7) is 5.34. The number of methoxy groups -OCH3 is 1. The fourth-order valence-corrected chi connectivity index (χ4v) is 6.26. The van der Waals surface area contributed by atoms with Crippen LogP contribution in [0.15, 0.2) is 47.5 Å². The van der Waals surface area contributed by atoms with Crippen molar-refractivity contribution < 1.29 is 36.6 Å². The summed E-state index contributed by atoms with van der Waals surface area (Å²) in [4.78, 5) is 19.8. The number of phenolic OH excluding ortho intramolecular Hbond substituents is 1. The lowest BCUT2D eigenvalue weighted by Gasteiger charge is -2.34. The van der Waals surface area contributed by atoms with Gasteiger partial charge in [-0.3, -0.25) is 4.79 Å². The Morgan fingerprint density at radius 1 is 1.17 bits per heavy atom. The first-order valence-corrected chi connectivity index (χ1v) is 14.9. The predicted octanol–water partition coefficient (Wildman–Crippen LogP) is 4.29. The summed E-state index contributed by atoms with van der Waals surface area (Å²) >= 11 is 0. The molecule has 3 aromatic rings. The number of alkyl halides is 2. The third-order valence-electron chi connectivity index (χ3n) is 8.01. The molecule has 42 heavy (non-hydrogen) atoms. The summed E-state index contributed by atoms with van der Waals surface area (Å²) in [6, 6.07) is 7.96. The number of phenols is 1. The maximum atomic E-state index is 13.9. The summed E-state index contributed by atoms with van der Waals surface area (Å²) in [5, 5.41) is 14.0. The Morgan fingerprint density at radius 2 is 1.90 bits per heavy atom. The minimum atomic E-state index is -4.39. The van der Waals surface area contributed by atoms with Gasteiger partial charge in [-0.05, 0) is 63.8 Å². The Balaban J connectivity index is 1.44. The van der Waals surface area contributed by atoms with Crippen LogP contribution in [0.3, 0.4) is 0 Å². The molecule has 11 nitrogen and oxygen atoms in total. The highest BCUT2D eigenvalue weighted by atomic mass is 32.2. The molecule has 1 aliphatic carbocycles. The van der Waals surface area contributed by atoms with Crippen LogP contribution in [-0.4, -0.2) is 65.9 Å². The molecule has 0 unspecified atom stereocenters. The lowest BCUT2D eigenvalue weighted by Crippen LogP contribution is -2.41. The van der Waals surface area contributed by atoms with Crippen molar-refractivity contribution in [2.24, 2.45) is 5.41 Å². The Kier molecular flexibility index (Phi) is 7.32. The highest BCUT2D eigenvalue weighted by Crippen LogP contribution is 2.56. The number of pyridine rings is 1. The van der Waals surface area contributed by atoms with Gasteiger partial charge < -0.3 is 19.5 Å². The number of aromatic hydroxyl groups is 1. The molecule has 3 heterocycles. The van der Waals surface area contributed by atoms with Gasteiger partial charge in [-0.1, -0.05) is 0 Å². The van der Waals surface area contributed by atoms with Crippen molar-refractivity contribution in [1.29, 1.82) is 0 Å². The number of nitrogens with zero attached hydrogens (tertiary/aromatic N) is 4. The summed E-state index contributed by atoms with van der Waals surface area (Å²) in [5.74, 6) is -3.33. The standard InChI is InChI=1S/C28H33F2N5O6S/c1-26(2)11-5-14-34(26)24-19(25(37)33-42(38,39)21-8-6-18(36)16-20(21)40-4)7-9-22(31-24)35-15-10-23(32-35)41-17-28(12-13-28)27(3,29)30/h6-10,15-16,36H,5,11-14,17H2,1-4H3,(H,33,37). The van der Waals surface area contributed by atoms with Crippen LogP contribution in [0, 0.1) is 5.41 Å². The molecule has 1 saturated heterocycles. The zero-order valence-corrected chi connectivity index (χ0v) is 24.5. The number of carbonyl (C=O) groups excluding carboxylic acids is 1. The van der Waals surface area contributed by atoms with Crippen LogP contribution < -0.4 is 19.1 Å². The molecular weight excluding hydrogens is 572 g/mol. The van der Waals surface area contributed by atoms with Crippen molar-refractivity contribution in [3.63, 3.8) is 0 Å². The van der Waals surface area contributed by atoms with Crippen LogP contribution >= 0.6 is 0 Å². The Hall–Kier alpha value is -3.94. The van der Waals surface area contributed by atoms with Gasteiger partial charge in [0.05, 0.1) is 18.1 Å². The number of sulfonamides is 1. The summed E-state index contributed by atoms with van der Waals surface area (Å²) in [7, 11) is -3.14. The van der Waals surface area contributed by atoms with Crippen molar-refractivity contribution in [3.05, 3.63) is 48.2 Å². The molecule has 0 bridgehead atoms. The van der Waals surface area contributed by atoms with Gasteiger partial charge in [0.2, 0.25) is 5.88 Å². The van der Waals surface area contributed by atoms with E-state index in [4.69, 9.17) is 14.5 Å². The third-order valence-corrected chi connectivity index (χ3v) is 9.38. The molecule has 1 aliphatic heterocycles. The molecule has 0 atom stereocenters. The summed E-state index contributed by atoms with van der Waals surface area (Å²) < 4.78 is 68.4. The Labute approximate surface area is 242 Å². The molecule has 1 saturated carbocycles. The fraction of sp³-hybridized carbons (Fsp3) is 0.464. The van der Waals surface area contributed by atoms with Crippen LogP contribution in [0.5, 0.6) is 17.4 Å². The minimum absolute atomic E-state index is 0.0273. The van der Waals surface area contributed by atoms with Gasteiger partial charge in [-0.2, -0.15) is 0 Å². The van der Waals surface area contributed by atoms with Gasteiger partial charge >= 0.3 is 0 Å².